The van der Waals surface area contributed by atoms with Crippen LogP contribution in [0.1, 0.15) is 58.8 Å². The number of carboxylic acid groups (broad SMARTS) is 1. The van der Waals surface area contributed by atoms with Crippen molar-refractivity contribution in [2.75, 3.05) is 12.3 Å². The third-order valence-corrected chi connectivity index (χ3v) is 5.23. The van der Waals surface area contributed by atoms with Gasteiger partial charge < -0.3 is 10.4 Å². The Kier molecular flexibility index (Phi) is 7.08. The predicted octanol–water partition coefficient (Wildman–Crippen LogP) is 3.29. The first kappa shape index (κ1) is 15.8. The summed E-state index contributed by atoms with van der Waals surface area (Å²) in [5, 5.41) is 13.2. The predicted molar refractivity (Wildman–Crippen MR) is 78.3 cm³/mol. The summed E-state index contributed by atoms with van der Waals surface area (Å²) in [7, 11) is 0. The summed E-state index contributed by atoms with van der Waals surface area (Å²) in [5.74, 6) is 0.458. The van der Waals surface area contributed by atoms with Crippen LogP contribution in [0, 0.1) is 0 Å². The Morgan fingerprint density at radius 1 is 1.39 bits per heavy atom. The molecule has 0 aromatic heterocycles. The van der Waals surface area contributed by atoms with Crippen LogP contribution in [0.4, 0.5) is 0 Å². The Hall–Kier alpha value is -0.220. The number of likely N-dealkylation sites (N-methyl/N-ethyl adjacent to an activating group) is 1. The lowest BCUT2D eigenvalue weighted by atomic mass is 9.95. The molecule has 4 heteroatoms. The molecule has 1 atom stereocenters. The zero-order chi connectivity index (χ0) is 13.4. The molecule has 1 unspecified atom stereocenters. The summed E-state index contributed by atoms with van der Waals surface area (Å²) in [5.41, 5.74) is -0.743. The molecule has 0 amide bonds. The average molecular weight is 273 g/mol. The number of hydrogen-bond donors (Lipinski definition) is 2. The van der Waals surface area contributed by atoms with Gasteiger partial charge in [-0.25, -0.2) is 0 Å². The van der Waals surface area contributed by atoms with Gasteiger partial charge in [-0.05, 0) is 44.9 Å². The lowest BCUT2D eigenvalue weighted by Gasteiger charge is -2.25. The molecule has 2 N–H and O–H groups in total. The van der Waals surface area contributed by atoms with Crippen LogP contribution in [-0.4, -0.2) is 34.2 Å². The van der Waals surface area contributed by atoms with Gasteiger partial charge in [0.15, 0.2) is 0 Å². The first-order chi connectivity index (χ1) is 8.58. The van der Waals surface area contributed by atoms with Crippen molar-refractivity contribution in [3.63, 3.8) is 0 Å². The van der Waals surface area contributed by atoms with Gasteiger partial charge in [0, 0.05) is 5.25 Å². The highest BCUT2D eigenvalue weighted by atomic mass is 32.2. The molecule has 0 radical (unpaired) electrons. The van der Waals surface area contributed by atoms with E-state index in [2.05, 4.69) is 17.1 Å². The average Bonchev–Trinajstić information content (AvgIpc) is 2.81. The Bertz CT molecular complexity index is 254. The summed E-state index contributed by atoms with van der Waals surface area (Å²) in [4.78, 5) is 11.2. The van der Waals surface area contributed by atoms with E-state index in [-0.39, 0.29) is 0 Å². The van der Waals surface area contributed by atoms with E-state index in [1.165, 1.54) is 31.4 Å². The molecular weight excluding hydrogens is 246 g/mol. The van der Waals surface area contributed by atoms with Crippen LogP contribution < -0.4 is 5.32 Å². The lowest BCUT2D eigenvalue weighted by Crippen LogP contribution is -2.49. The smallest absolute Gasteiger partial charge is 0.323 e. The molecule has 0 bridgehead atoms. The normalized spacial score (nSPS) is 19.9. The highest BCUT2D eigenvalue weighted by Gasteiger charge is 2.31. The fourth-order valence-corrected chi connectivity index (χ4v) is 3.92. The van der Waals surface area contributed by atoms with Crippen LogP contribution in [0.2, 0.25) is 0 Å². The number of hydrogen-bond acceptors (Lipinski definition) is 3. The first-order valence-electron chi connectivity index (χ1n) is 7.18. The van der Waals surface area contributed by atoms with Gasteiger partial charge in [-0.1, -0.05) is 26.2 Å². The van der Waals surface area contributed by atoms with Crippen molar-refractivity contribution < 1.29 is 9.90 Å². The number of aliphatic carboxylic acids is 1. The summed E-state index contributed by atoms with van der Waals surface area (Å²) in [6.45, 7) is 4.46. The minimum atomic E-state index is -0.743. The van der Waals surface area contributed by atoms with Gasteiger partial charge in [-0.15, -0.1) is 0 Å². The number of unbranched alkanes of at least 4 members (excludes halogenated alkanes) is 1. The molecule has 1 aliphatic carbocycles. The fraction of sp³-hybridized carbons (Fsp3) is 0.929. The molecule has 1 fully saturated rings. The van der Waals surface area contributed by atoms with Gasteiger partial charge in [0.1, 0.15) is 5.54 Å². The van der Waals surface area contributed by atoms with E-state index in [1.54, 1.807) is 6.92 Å². The number of thioether (sulfide) groups is 1. The Morgan fingerprint density at radius 2 is 2.06 bits per heavy atom. The van der Waals surface area contributed by atoms with Crippen LogP contribution in [0.25, 0.3) is 0 Å². The van der Waals surface area contributed by atoms with Crippen molar-refractivity contribution in [3.8, 4) is 0 Å². The molecule has 18 heavy (non-hydrogen) atoms. The minimum absolute atomic E-state index is 0.708. The van der Waals surface area contributed by atoms with Gasteiger partial charge >= 0.3 is 5.97 Å². The van der Waals surface area contributed by atoms with Crippen LogP contribution in [-0.2, 0) is 4.79 Å². The van der Waals surface area contributed by atoms with E-state index in [4.69, 9.17) is 0 Å². The fourth-order valence-electron chi connectivity index (χ4n) is 2.55. The maximum atomic E-state index is 11.2. The van der Waals surface area contributed by atoms with Crippen LogP contribution in [0.15, 0.2) is 0 Å². The Labute approximate surface area is 115 Å². The quantitative estimate of drug-likeness (QED) is 0.633. The second-order valence-corrected chi connectivity index (χ2v) is 6.81. The van der Waals surface area contributed by atoms with Gasteiger partial charge in [0.25, 0.3) is 0 Å². The van der Waals surface area contributed by atoms with Crippen molar-refractivity contribution >= 4 is 17.7 Å². The number of carboxylic acids is 1. The number of nitrogens with one attached hydrogen (secondary N) is 1. The molecule has 1 saturated carbocycles. The van der Waals surface area contributed by atoms with Crippen LogP contribution >= 0.6 is 11.8 Å². The zero-order valence-corrected chi connectivity index (χ0v) is 12.5. The van der Waals surface area contributed by atoms with E-state index in [9.17, 15) is 9.90 Å². The van der Waals surface area contributed by atoms with Gasteiger partial charge in [0.05, 0.1) is 0 Å². The molecule has 0 spiro atoms. The lowest BCUT2D eigenvalue weighted by molar-refractivity contribution is -0.144. The largest absolute Gasteiger partial charge is 0.480 e. The van der Waals surface area contributed by atoms with E-state index < -0.39 is 11.5 Å². The second kappa shape index (κ2) is 8.05. The van der Waals surface area contributed by atoms with Crippen molar-refractivity contribution in [3.05, 3.63) is 0 Å². The topological polar surface area (TPSA) is 49.3 Å². The second-order valence-electron chi connectivity index (χ2n) is 5.40. The first-order valence-corrected chi connectivity index (χ1v) is 8.23. The molecule has 106 valence electrons. The molecular formula is C14H27NO2S. The molecule has 0 saturated heterocycles. The Morgan fingerprint density at radius 3 is 2.61 bits per heavy atom. The molecule has 0 aliphatic heterocycles. The highest BCUT2D eigenvalue weighted by molar-refractivity contribution is 7.99. The van der Waals surface area contributed by atoms with Gasteiger partial charge in [-0.2, -0.15) is 11.8 Å². The maximum Gasteiger partial charge on any atom is 0.323 e. The minimum Gasteiger partial charge on any atom is -0.480 e. The van der Waals surface area contributed by atoms with E-state index in [1.807, 2.05) is 6.92 Å². The van der Waals surface area contributed by atoms with Crippen molar-refractivity contribution in [1.82, 2.24) is 5.32 Å². The molecule has 0 heterocycles. The van der Waals surface area contributed by atoms with Gasteiger partial charge in [-0.3, -0.25) is 4.79 Å². The van der Waals surface area contributed by atoms with Gasteiger partial charge in [0.2, 0.25) is 0 Å². The maximum absolute atomic E-state index is 11.2. The highest BCUT2D eigenvalue weighted by Crippen LogP contribution is 2.30. The van der Waals surface area contributed by atoms with E-state index in [0.29, 0.717) is 6.54 Å². The summed E-state index contributed by atoms with van der Waals surface area (Å²) >= 11 is 2.09. The Balaban J connectivity index is 2.12. The summed E-state index contributed by atoms with van der Waals surface area (Å²) < 4.78 is 0. The van der Waals surface area contributed by atoms with Crippen molar-refractivity contribution in [2.24, 2.45) is 0 Å². The summed E-state index contributed by atoms with van der Waals surface area (Å²) in [6, 6.07) is 0. The van der Waals surface area contributed by atoms with Crippen molar-refractivity contribution in [2.45, 2.75) is 69.6 Å². The third-order valence-electron chi connectivity index (χ3n) is 3.77. The summed E-state index contributed by atoms with van der Waals surface area (Å²) in [6.07, 6.45) is 8.42. The third kappa shape index (κ3) is 5.19. The van der Waals surface area contributed by atoms with Crippen LogP contribution in [0.5, 0.6) is 0 Å². The number of rotatable bonds is 9. The number of carbonyl (C=O) groups is 1. The zero-order valence-electron chi connectivity index (χ0n) is 11.7. The molecule has 3 nitrogen and oxygen atoms in total. The van der Waals surface area contributed by atoms with Crippen LogP contribution in [0.3, 0.4) is 0 Å². The molecule has 1 aliphatic rings. The van der Waals surface area contributed by atoms with Crippen molar-refractivity contribution in [1.29, 1.82) is 0 Å². The molecule has 1 rings (SSSR count). The molecule has 0 aromatic carbocycles. The SMILES string of the molecule is CCNC(C)(CCCCSC1CCCC1)C(=O)O. The standard InChI is InChI=1S/C14H27NO2S/c1-3-15-14(2,13(16)17)10-6-7-11-18-12-8-4-5-9-12/h12,15H,3-11H2,1-2H3,(H,16,17). The van der Waals surface area contributed by atoms with E-state index >= 15 is 0 Å². The molecule has 0 aromatic rings. The van der Waals surface area contributed by atoms with E-state index in [0.717, 1.165) is 24.5 Å². The monoisotopic (exact) mass is 273 g/mol.